The molecule has 0 fully saturated rings. The molecule has 0 atom stereocenters. The van der Waals surface area contributed by atoms with Crippen LogP contribution in [0.4, 0.5) is 15.8 Å². The van der Waals surface area contributed by atoms with Crippen LogP contribution < -0.4 is 10.5 Å². The van der Waals surface area contributed by atoms with Gasteiger partial charge in [0.1, 0.15) is 10.0 Å². The molecule has 1 aromatic heterocycles. The molecule has 0 amide bonds. The highest BCUT2D eigenvalue weighted by Gasteiger charge is 2.20. The van der Waals surface area contributed by atoms with Crippen LogP contribution in [0, 0.1) is 5.82 Å². The van der Waals surface area contributed by atoms with Crippen LogP contribution in [0.25, 0.3) is 0 Å². The molecule has 1 heterocycles. The highest BCUT2D eigenvalue weighted by molar-refractivity contribution is 9.11. The summed E-state index contributed by atoms with van der Waals surface area (Å²) in [5, 5.41) is 0.281. The molecule has 4 nitrogen and oxygen atoms in total. The highest BCUT2D eigenvalue weighted by Crippen LogP contribution is 2.35. The van der Waals surface area contributed by atoms with Crippen molar-refractivity contribution in [2.45, 2.75) is 4.21 Å². The van der Waals surface area contributed by atoms with Crippen molar-refractivity contribution in [2.24, 2.45) is 0 Å². The molecule has 0 aliphatic carbocycles. The van der Waals surface area contributed by atoms with E-state index in [1.54, 1.807) is 0 Å². The van der Waals surface area contributed by atoms with Gasteiger partial charge in [0.05, 0.1) is 14.5 Å². The van der Waals surface area contributed by atoms with E-state index in [0.29, 0.717) is 3.79 Å². The minimum absolute atomic E-state index is 0.0133. The van der Waals surface area contributed by atoms with Crippen molar-refractivity contribution in [3.05, 3.63) is 38.9 Å². The number of nitrogen functional groups attached to an aromatic ring is 1. The van der Waals surface area contributed by atoms with Gasteiger partial charge in [0.2, 0.25) is 0 Å². The van der Waals surface area contributed by atoms with E-state index < -0.39 is 15.8 Å². The van der Waals surface area contributed by atoms with Gasteiger partial charge in [0, 0.05) is 5.69 Å². The number of benzene rings is 1. The smallest absolute Gasteiger partial charge is 0.271 e. The molecule has 0 aliphatic heterocycles. The summed E-state index contributed by atoms with van der Waals surface area (Å²) in [6.45, 7) is 0. The number of rotatable bonds is 3. The average molecular weight is 386 g/mol. The lowest BCUT2D eigenvalue weighted by atomic mass is 10.3. The van der Waals surface area contributed by atoms with Gasteiger partial charge in [-0.3, -0.25) is 4.72 Å². The predicted molar refractivity (Wildman–Crippen MR) is 78.6 cm³/mol. The molecule has 2 rings (SSSR count). The number of sulfonamides is 1. The zero-order chi connectivity index (χ0) is 14.2. The van der Waals surface area contributed by atoms with Crippen molar-refractivity contribution >= 4 is 60.3 Å². The normalized spacial score (nSPS) is 11.5. The zero-order valence-corrected chi connectivity index (χ0v) is 13.1. The van der Waals surface area contributed by atoms with E-state index in [-0.39, 0.29) is 20.6 Å². The van der Waals surface area contributed by atoms with E-state index in [9.17, 15) is 12.8 Å². The number of halogens is 3. The van der Waals surface area contributed by atoms with Crippen molar-refractivity contribution < 1.29 is 12.8 Å². The summed E-state index contributed by atoms with van der Waals surface area (Å²) in [6, 6.07) is 4.98. The summed E-state index contributed by atoms with van der Waals surface area (Å²) in [4.78, 5) is 0. The summed E-state index contributed by atoms with van der Waals surface area (Å²) in [5.41, 5.74) is 5.43. The van der Waals surface area contributed by atoms with Gasteiger partial charge in [-0.05, 0) is 40.2 Å². The van der Waals surface area contributed by atoms with Crippen LogP contribution in [-0.4, -0.2) is 8.42 Å². The molecule has 0 spiro atoms. The second-order valence-electron chi connectivity index (χ2n) is 3.53. The number of nitrogens with two attached hydrogens (primary N) is 1. The lowest BCUT2D eigenvalue weighted by Gasteiger charge is -2.07. The van der Waals surface area contributed by atoms with Gasteiger partial charge in [-0.25, -0.2) is 12.8 Å². The fourth-order valence-electron chi connectivity index (χ4n) is 1.27. The molecule has 0 bridgehead atoms. The summed E-state index contributed by atoms with van der Waals surface area (Å²) in [5.74, 6) is -0.745. The van der Waals surface area contributed by atoms with E-state index in [4.69, 9.17) is 17.3 Å². The topological polar surface area (TPSA) is 72.2 Å². The second-order valence-corrected chi connectivity index (χ2v) is 8.22. The van der Waals surface area contributed by atoms with Gasteiger partial charge in [-0.15, -0.1) is 11.3 Å². The van der Waals surface area contributed by atoms with Gasteiger partial charge in [0.15, 0.2) is 0 Å². The Hall–Kier alpha value is -0.830. The standard InChI is InChI=1S/C10H7BrClFN2O2S2/c11-10-6(12)4-9(18-10)19(16,17)15-8-2-1-5(14)3-7(8)13/h1-4,15H,14H2. The number of nitrogens with one attached hydrogen (secondary N) is 1. The van der Waals surface area contributed by atoms with E-state index in [1.165, 1.54) is 18.2 Å². The van der Waals surface area contributed by atoms with Gasteiger partial charge < -0.3 is 5.73 Å². The molecule has 1 aromatic carbocycles. The Labute approximate surface area is 126 Å². The zero-order valence-electron chi connectivity index (χ0n) is 9.15. The van der Waals surface area contributed by atoms with Crippen molar-refractivity contribution in [1.82, 2.24) is 0 Å². The second kappa shape index (κ2) is 5.28. The molecule has 0 saturated carbocycles. The van der Waals surface area contributed by atoms with Crippen LogP contribution in [0.5, 0.6) is 0 Å². The summed E-state index contributed by atoms with van der Waals surface area (Å²) in [6.07, 6.45) is 0. The minimum Gasteiger partial charge on any atom is -0.399 e. The summed E-state index contributed by atoms with van der Waals surface area (Å²) >= 11 is 9.83. The Morgan fingerprint density at radius 1 is 1.37 bits per heavy atom. The highest BCUT2D eigenvalue weighted by atomic mass is 79.9. The number of anilines is 2. The van der Waals surface area contributed by atoms with Crippen molar-refractivity contribution in [1.29, 1.82) is 0 Å². The van der Waals surface area contributed by atoms with Crippen LogP contribution in [0.15, 0.2) is 32.3 Å². The average Bonchev–Trinajstić information content (AvgIpc) is 2.64. The third-order valence-electron chi connectivity index (χ3n) is 2.12. The quantitative estimate of drug-likeness (QED) is 0.792. The SMILES string of the molecule is Nc1ccc(NS(=O)(=O)c2cc(Cl)c(Br)s2)c(F)c1. The predicted octanol–water partition coefficient (Wildman–Crippen LogP) is 3.69. The van der Waals surface area contributed by atoms with E-state index in [0.717, 1.165) is 17.4 Å². The molecule has 102 valence electrons. The van der Waals surface area contributed by atoms with Gasteiger partial charge >= 0.3 is 0 Å². The number of hydrogen-bond acceptors (Lipinski definition) is 4. The number of hydrogen-bond donors (Lipinski definition) is 2. The Kier molecular flexibility index (Phi) is 4.05. The fourth-order valence-corrected chi connectivity index (χ4v) is 4.73. The van der Waals surface area contributed by atoms with Crippen LogP contribution in [0.1, 0.15) is 0 Å². The Morgan fingerprint density at radius 3 is 2.58 bits per heavy atom. The molecule has 9 heteroatoms. The molecule has 19 heavy (non-hydrogen) atoms. The third kappa shape index (κ3) is 3.19. The molecule has 0 saturated heterocycles. The summed E-state index contributed by atoms with van der Waals surface area (Å²) in [7, 11) is -3.88. The first-order chi connectivity index (χ1) is 8.79. The number of thiophene rings is 1. The maximum Gasteiger partial charge on any atom is 0.271 e. The van der Waals surface area contributed by atoms with E-state index >= 15 is 0 Å². The molecule has 0 radical (unpaired) electrons. The first-order valence-electron chi connectivity index (χ1n) is 4.82. The van der Waals surface area contributed by atoms with Crippen LogP contribution in [-0.2, 0) is 10.0 Å². The first kappa shape index (κ1) is 14.6. The molecule has 3 N–H and O–H groups in total. The lowest BCUT2D eigenvalue weighted by molar-refractivity contribution is 0.600. The van der Waals surface area contributed by atoms with Gasteiger partial charge in [-0.2, -0.15) is 0 Å². The molecule has 0 aliphatic rings. The fraction of sp³-hybridized carbons (Fsp3) is 0. The first-order valence-corrected chi connectivity index (χ1v) is 8.29. The molecular formula is C10H7BrClFN2O2S2. The van der Waals surface area contributed by atoms with Gasteiger partial charge in [0.25, 0.3) is 10.0 Å². The molecule has 2 aromatic rings. The lowest BCUT2D eigenvalue weighted by Crippen LogP contribution is -2.12. The Balaban J connectivity index is 2.36. The van der Waals surface area contributed by atoms with Crippen LogP contribution in [0.3, 0.4) is 0 Å². The minimum atomic E-state index is -3.88. The van der Waals surface area contributed by atoms with Crippen LogP contribution >= 0.6 is 38.9 Å². The Bertz CT molecular complexity index is 714. The summed E-state index contributed by atoms with van der Waals surface area (Å²) < 4.78 is 40.2. The van der Waals surface area contributed by atoms with E-state index in [1.807, 2.05) is 0 Å². The molecule has 0 unspecified atom stereocenters. The van der Waals surface area contributed by atoms with Crippen molar-refractivity contribution in [3.63, 3.8) is 0 Å². The van der Waals surface area contributed by atoms with Crippen molar-refractivity contribution in [3.8, 4) is 0 Å². The Morgan fingerprint density at radius 2 is 2.05 bits per heavy atom. The monoisotopic (exact) mass is 384 g/mol. The van der Waals surface area contributed by atoms with E-state index in [2.05, 4.69) is 20.7 Å². The maximum atomic E-state index is 13.5. The third-order valence-corrected chi connectivity index (χ3v) is 6.44. The van der Waals surface area contributed by atoms with Crippen LogP contribution in [0.2, 0.25) is 5.02 Å². The largest absolute Gasteiger partial charge is 0.399 e. The maximum absolute atomic E-state index is 13.5. The van der Waals surface area contributed by atoms with Crippen molar-refractivity contribution in [2.75, 3.05) is 10.5 Å². The van der Waals surface area contributed by atoms with Gasteiger partial charge in [-0.1, -0.05) is 11.6 Å². The molecular weight excluding hydrogens is 379 g/mol.